The van der Waals surface area contributed by atoms with Crippen LogP contribution in [0.2, 0.25) is 0 Å². The minimum absolute atomic E-state index is 0.273. The highest BCUT2D eigenvalue weighted by Crippen LogP contribution is 2.37. The van der Waals surface area contributed by atoms with Crippen molar-refractivity contribution in [1.82, 2.24) is 15.1 Å². The molecule has 2 aromatic rings. The zero-order chi connectivity index (χ0) is 15.1. The molecule has 0 saturated carbocycles. The van der Waals surface area contributed by atoms with Crippen molar-refractivity contribution in [3.8, 4) is 15.8 Å². The number of fused-ring (bicyclic) bond motifs is 2. The molecule has 2 saturated heterocycles. The van der Waals surface area contributed by atoms with Crippen LogP contribution < -0.4 is 10.5 Å². The Labute approximate surface area is 134 Å². The van der Waals surface area contributed by atoms with Crippen molar-refractivity contribution in [2.75, 3.05) is 12.8 Å². The van der Waals surface area contributed by atoms with E-state index >= 15 is 0 Å². The predicted octanol–water partition coefficient (Wildman–Crippen LogP) is 2.79. The van der Waals surface area contributed by atoms with Gasteiger partial charge in [-0.25, -0.2) is 0 Å². The Kier molecular flexibility index (Phi) is 3.50. The summed E-state index contributed by atoms with van der Waals surface area (Å²) >= 11 is 1.50. The van der Waals surface area contributed by atoms with Crippen LogP contribution in [0.3, 0.4) is 0 Å². The number of nitrogens with zero attached hydrogens (tertiary/aromatic N) is 3. The van der Waals surface area contributed by atoms with Crippen LogP contribution in [0.25, 0.3) is 10.6 Å². The molecule has 4 rings (SSSR count). The van der Waals surface area contributed by atoms with Crippen LogP contribution >= 0.6 is 11.3 Å². The first-order chi connectivity index (χ1) is 10.7. The topological polar surface area (TPSA) is 64.3 Å². The first-order valence-electron chi connectivity index (χ1n) is 7.77. The molecule has 3 heterocycles. The zero-order valence-electron chi connectivity index (χ0n) is 12.6. The minimum Gasteiger partial charge on any atom is -0.465 e. The molecule has 116 valence electrons. The van der Waals surface area contributed by atoms with E-state index in [9.17, 15) is 0 Å². The number of nitrogen functional groups attached to an aromatic ring is 1. The second kappa shape index (κ2) is 5.52. The predicted molar refractivity (Wildman–Crippen MR) is 88.0 cm³/mol. The third-order valence-corrected chi connectivity index (χ3v) is 5.73. The molecule has 2 N–H and O–H groups in total. The third-order valence-electron chi connectivity index (χ3n) is 4.86. The number of piperidine rings is 1. The summed E-state index contributed by atoms with van der Waals surface area (Å²) in [5.74, 6) is 0. The summed E-state index contributed by atoms with van der Waals surface area (Å²) in [5, 5.41) is 9.97. The molecule has 6 heteroatoms. The highest BCUT2D eigenvalue weighted by atomic mass is 32.1. The zero-order valence-corrected chi connectivity index (χ0v) is 13.4. The molecule has 1 aromatic heterocycles. The van der Waals surface area contributed by atoms with Crippen LogP contribution in [0.1, 0.15) is 25.7 Å². The van der Waals surface area contributed by atoms with Gasteiger partial charge in [-0.2, -0.15) is 0 Å². The molecule has 2 aliphatic heterocycles. The van der Waals surface area contributed by atoms with Gasteiger partial charge in [0.1, 0.15) is 6.10 Å². The highest BCUT2D eigenvalue weighted by Gasteiger charge is 2.39. The molecule has 0 aliphatic carbocycles. The van der Waals surface area contributed by atoms with E-state index in [4.69, 9.17) is 10.5 Å². The van der Waals surface area contributed by atoms with E-state index in [2.05, 4.69) is 22.1 Å². The fourth-order valence-electron chi connectivity index (χ4n) is 3.65. The van der Waals surface area contributed by atoms with E-state index in [1.165, 1.54) is 24.2 Å². The minimum atomic E-state index is 0.273. The number of benzene rings is 1. The van der Waals surface area contributed by atoms with Gasteiger partial charge < -0.3 is 15.4 Å². The molecule has 0 radical (unpaired) electrons. The van der Waals surface area contributed by atoms with Gasteiger partial charge in [-0.05, 0) is 44.9 Å². The molecule has 1 aromatic carbocycles. The maximum atomic E-state index is 6.10. The number of ether oxygens (including phenoxy) is 1. The third kappa shape index (κ3) is 2.57. The Bertz CT molecular complexity index is 660. The van der Waals surface area contributed by atoms with E-state index in [1.807, 2.05) is 24.3 Å². The normalized spacial score (nSPS) is 28.0. The molecule has 2 atom stereocenters. The van der Waals surface area contributed by atoms with Crippen molar-refractivity contribution in [1.29, 1.82) is 0 Å². The highest BCUT2D eigenvalue weighted by molar-refractivity contribution is 7.16. The SMILES string of the molecule is CN1C2CCC1CC(Oc1nnc(-c3cccc(N)c3)s1)C2. The van der Waals surface area contributed by atoms with Crippen molar-refractivity contribution in [2.24, 2.45) is 0 Å². The fraction of sp³-hybridized carbons (Fsp3) is 0.500. The van der Waals surface area contributed by atoms with E-state index in [-0.39, 0.29) is 6.10 Å². The number of anilines is 1. The lowest BCUT2D eigenvalue weighted by atomic mass is 10.0. The van der Waals surface area contributed by atoms with Crippen LogP contribution in [0.15, 0.2) is 24.3 Å². The number of nitrogens with two attached hydrogens (primary N) is 1. The van der Waals surface area contributed by atoms with Gasteiger partial charge in [0.25, 0.3) is 5.19 Å². The molecule has 2 unspecified atom stereocenters. The number of aromatic nitrogens is 2. The van der Waals surface area contributed by atoms with Crippen LogP contribution in [-0.2, 0) is 0 Å². The summed E-state index contributed by atoms with van der Waals surface area (Å²) in [6.07, 6.45) is 5.06. The van der Waals surface area contributed by atoms with Gasteiger partial charge in [0.2, 0.25) is 0 Å². The van der Waals surface area contributed by atoms with Gasteiger partial charge in [0, 0.05) is 23.3 Å². The van der Waals surface area contributed by atoms with E-state index in [0.717, 1.165) is 29.1 Å². The molecule has 5 nitrogen and oxygen atoms in total. The molecule has 0 spiro atoms. The molecule has 2 fully saturated rings. The lowest BCUT2D eigenvalue weighted by Crippen LogP contribution is -2.43. The standard InChI is InChI=1S/C16H20N4OS/c1-20-12-5-6-13(20)9-14(8-12)21-16-19-18-15(22-16)10-3-2-4-11(17)7-10/h2-4,7,12-14H,5-6,8-9,17H2,1H3. The molecular formula is C16H20N4OS. The molecule has 2 bridgehead atoms. The smallest absolute Gasteiger partial charge is 0.294 e. The first kappa shape index (κ1) is 14.0. The fourth-order valence-corrected chi connectivity index (χ4v) is 4.40. The van der Waals surface area contributed by atoms with Crippen LogP contribution in [0, 0.1) is 0 Å². The number of hydrogen-bond acceptors (Lipinski definition) is 6. The van der Waals surface area contributed by atoms with Crippen LogP contribution in [0.4, 0.5) is 5.69 Å². The van der Waals surface area contributed by atoms with E-state index in [1.54, 1.807) is 0 Å². The van der Waals surface area contributed by atoms with Gasteiger partial charge in [-0.3, -0.25) is 0 Å². The van der Waals surface area contributed by atoms with Crippen molar-refractivity contribution in [3.05, 3.63) is 24.3 Å². The summed E-state index contributed by atoms with van der Waals surface area (Å²) in [6, 6.07) is 9.06. The second-order valence-electron chi connectivity index (χ2n) is 6.26. The average molecular weight is 316 g/mol. The second-order valence-corrected chi connectivity index (χ2v) is 7.20. The van der Waals surface area contributed by atoms with E-state index in [0.29, 0.717) is 17.3 Å². The van der Waals surface area contributed by atoms with Gasteiger partial charge in [-0.15, -0.1) is 5.10 Å². The maximum Gasteiger partial charge on any atom is 0.294 e. The lowest BCUT2D eigenvalue weighted by Gasteiger charge is -2.35. The Morgan fingerprint density at radius 2 is 2.00 bits per heavy atom. The van der Waals surface area contributed by atoms with Gasteiger partial charge in [0.15, 0.2) is 5.01 Å². The Hall–Kier alpha value is -1.66. The maximum absolute atomic E-state index is 6.10. The summed E-state index contributed by atoms with van der Waals surface area (Å²) in [6.45, 7) is 0. The Balaban J connectivity index is 1.46. The van der Waals surface area contributed by atoms with Crippen LogP contribution in [0.5, 0.6) is 5.19 Å². The van der Waals surface area contributed by atoms with Crippen LogP contribution in [-0.4, -0.2) is 40.3 Å². The quantitative estimate of drug-likeness (QED) is 0.882. The summed E-state index contributed by atoms with van der Waals surface area (Å²) in [5.41, 5.74) is 7.56. The number of hydrogen-bond donors (Lipinski definition) is 1. The average Bonchev–Trinajstić information content (AvgIpc) is 3.02. The van der Waals surface area contributed by atoms with Gasteiger partial charge >= 0.3 is 0 Å². The Morgan fingerprint density at radius 1 is 1.23 bits per heavy atom. The first-order valence-corrected chi connectivity index (χ1v) is 8.58. The number of rotatable bonds is 3. The summed E-state index contributed by atoms with van der Waals surface area (Å²) < 4.78 is 6.10. The largest absolute Gasteiger partial charge is 0.465 e. The van der Waals surface area contributed by atoms with Crippen molar-refractivity contribution in [3.63, 3.8) is 0 Å². The monoisotopic (exact) mass is 316 g/mol. The summed E-state index contributed by atoms with van der Waals surface area (Å²) in [7, 11) is 2.24. The Morgan fingerprint density at radius 3 is 2.73 bits per heavy atom. The molecular weight excluding hydrogens is 296 g/mol. The van der Waals surface area contributed by atoms with Crippen molar-refractivity contribution < 1.29 is 4.74 Å². The van der Waals surface area contributed by atoms with E-state index < -0.39 is 0 Å². The van der Waals surface area contributed by atoms with Gasteiger partial charge in [0.05, 0.1) is 0 Å². The summed E-state index contributed by atoms with van der Waals surface area (Å²) in [4.78, 5) is 2.51. The van der Waals surface area contributed by atoms with Crippen molar-refractivity contribution in [2.45, 2.75) is 43.9 Å². The van der Waals surface area contributed by atoms with Crippen molar-refractivity contribution >= 4 is 17.0 Å². The molecule has 22 heavy (non-hydrogen) atoms. The molecule has 0 amide bonds. The van der Waals surface area contributed by atoms with Gasteiger partial charge in [-0.1, -0.05) is 28.6 Å². The molecule has 2 aliphatic rings. The lowest BCUT2D eigenvalue weighted by molar-refractivity contribution is 0.0655.